The van der Waals surface area contributed by atoms with Gasteiger partial charge in [0.25, 0.3) is 0 Å². The van der Waals surface area contributed by atoms with Gasteiger partial charge in [0.2, 0.25) is 5.95 Å². The molecule has 9 rings (SSSR count). The SMILES string of the molecule is c1ccc(-c2ccc(-c3cc(-c4ccccc4)cc(-c4ccnc(-n5c6ccccc6c6ccc7ccccc7c65)n4)c3)cc2)cc1. The molecule has 0 atom stereocenters. The van der Waals surface area contributed by atoms with Crippen LogP contribution in [0.1, 0.15) is 0 Å². The Kier molecular flexibility index (Phi) is 6.46. The highest BCUT2D eigenvalue weighted by atomic mass is 15.2. The number of fused-ring (bicyclic) bond motifs is 5. The monoisotopic (exact) mass is 599 g/mol. The molecule has 0 saturated heterocycles. The molecular weight excluding hydrogens is 571 g/mol. The number of para-hydroxylation sites is 1. The zero-order valence-electron chi connectivity index (χ0n) is 25.6. The molecule has 7 aromatic carbocycles. The molecule has 2 aromatic heterocycles. The average Bonchev–Trinajstić information content (AvgIpc) is 3.50. The van der Waals surface area contributed by atoms with Gasteiger partial charge in [-0.15, -0.1) is 0 Å². The second-order valence-corrected chi connectivity index (χ2v) is 11.9. The quantitative estimate of drug-likeness (QED) is 0.197. The summed E-state index contributed by atoms with van der Waals surface area (Å²) in [5.74, 6) is 0.656. The largest absolute Gasteiger partial charge is 0.277 e. The highest BCUT2D eigenvalue weighted by Gasteiger charge is 2.17. The molecule has 9 aromatic rings. The Morgan fingerprint density at radius 1 is 0.383 bits per heavy atom. The molecule has 0 saturated carbocycles. The molecule has 3 heteroatoms. The normalized spacial score (nSPS) is 11.4. The van der Waals surface area contributed by atoms with Crippen LogP contribution in [-0.2, 0) is 0 Å². The lowest BCUT2D eigenvalue weighted by atomic mass is 9.94. The number of hydrogen-bond donors (Lipinski definition) is 0. The van der Waals surface area contributed by atoms with Crippen LogP contribution in [0.4, 0.5) is 0 Å². The van der Waals surface area contributed by atoms with Crippen LogP contribution >= 0.6 is 0 Å². The first kappa shape index (κ1) is 27.0. The Labute approximate surface area is 273 Å². The molecule has 0 radical (unpaired) electrons. The van der Waals surface area contributed by atoms with Crippen LogP contribution < -0.4 is 0 Å². The fraction of sp³-hybridized carbons (Fsp3) is 0. The van der Waals surface area contributed by atoms with Gasteiger partial charge in [-0.3, -0.25) is 4.57 Å². The second-order valence-electron chi connectivity index (χ2n) is 11.9. The van der Waals surface area contributed by atoms with Crippen LogP contribution in [0.5, 0.6) is 0 Å². The van der Waals surface area contributed by atoms with Crippen LogP contribution in [0.3, 0.4) is 0 Å². The fourth-order valence-corrected chi connectivity index (χ4v) is 6.78. The Hall–Kier alpha value is -6.32. The van der Waals surface area contributed by atoms with Gasteiger partial charge < -0.3 is 0 Å². The molecule has 47 heavy (non-hydrogen) atoms. The molecule has 0 fully saturated rings. The smallest absolute Gasteiger partial charge is 0.235 e. The molecular formula is C44H29N3. The maximum absolute atomic E-state index is 5.27. The molecule has 220 valence electrons. The second kappa shape index (κ2) is 11.2. The van der Waals surface area contributed by atoms with Crippen molar-refractivity contribution in [3.63, 3.8) is 0 Å². The molecule has 0 aliphatic rings. The van der Waals surface area contributed by atoms with Crippen molar-refractivity contribution in [1.82, 2.24) is 14.5 Å². The summed E-state index contributed by atoms with van der Waals surface area (Å²) in [5.41, 5.74) is 11.2. The van der Waals surface area contributed by atoms with Crippen molar-refractivity contribution in [2.45, 2.75) is 0 Å². The third kappa shape index (κ3) is 4.77. The van der Waals surface area contributed by atoms with E-state index in [4.69, 9.17) is 9.97 Å². The van der Waals surface area contributed by atoms with Crippen molar-refractivity contribution < 1.29 is 0 Å². The average molecular weight is 600 g/mol. The predicted molar refractivity (Wildman–Crippen MR) is 196 cm³/mol. The number of nitrogens with zero attached hydrogens (tertiary/aromatic N) is 3. The van der Waals surface area contributed by atoms with E-state index in [-0.39, 0.29) is 0 Å². The van der Waals surface area contributed by atoms with Gasteiger partial charge in [0.05, 0.1) is 16.7 Å². The standard InChI is InChI=1S/C44H29N3/c1-3-11-30(12-4-1)32-19-21-33(22-20-32)36-27-35(31-13-5-2-6-14-31)28-37(29-36)41-25-26-45-44(46-41)47-42-18-10-9-17-39(42)40-24-23-34-15-7-8-16-38(34)43(40)47/h1-29H. The van der Waals surface area contributed by atoms with Crippen molar-refractivity contribution >= 4 is 32.6 Å². The lowest BCUT2D eigenvalue weighted by molar-refractivity contribution is 0.994. The van der Waals surface area contributed by atoms with Crippen molar-refractivity contribution in [3.05, 3.63) is 176 Å². The Morgan fingerprint density at radius 3 is 1.66 bits per heavy atom. The summed E-state index contributed by atoms with van der Waals surface area (Å²) in [5, 5.41) is 4.76. The zero-order chi connectivity index (χ0) is 31.2. The first-order valence-corrected chi connectivity index (χ1v) is 15.9. The van der Waals surface area contributed by atoms with E-state index in [1.54, 1.807) is 0 Å². The molecule has 0 amide bonds. The first-order valence-electron chi connectivity index (χ1n) is 15.9. The van der Waals surface area contributed by atoms with Crippen molar-refractivity contribution in [2.24, 2.45) is 0 Å². The van der Waals surface area contributed by atoms with Crippen molar-refractivity contribution in [3.8, 4) is 50.6 Å². The van der Waals surface area contributed by atoms with Gasteiger partial charge in [0.1, 0.15) is 0 Å². The molecule has 2 heterocycles. The minimum atomic E-state index is 0.656. The lowest BCUT2D eigenvalue weighted by Crippen LogP contribution is -2.02. The van der Waals surface area contributed by atoms with Gasteiger partial charge in [0, 0.05) is 27.9 Å². The topological polar surface area (TPSA) is 30.7 Å². The van der Waals surface area contributed by atoms with E-state index in [1.165, 1.54) is 38.2 Å². The van der Waals surface area contributed by atoms with Crippen LogP contribution in [0.2, 0.25) is 0 Å². The van der Waals surface area contributed by atoms with Crippen molar-refractivity contribution in [2.75, 3.05) is 0 Å². The summed E-state index contributed by atoms with van der Waals surface area (Å²) < 4.78 is 2.22. The Bertz CT molecular complexity index is 2550. The van der Waals surface area contributed by atoms with E-state index in [0.717, 1.165) is 39.0 Å². The Morgan fingerprint density at radius 2 is 0.936 bits per heavy atom. The van der Waals surface area contributed by atoms with Gasteiger partial charge in [-0.25, -0.2) is 9.97 Å². The highest BCUT2D eigenvalue weighted by Crippen LogP contribution is 2.37. The Balaban J connectivity index is 1.22. The molecule has 3 nitrogen and oxygen atoms in total. The minimum absolute atomic E-state index is 0.656. The van der Waals surface area contributed by atoms with Crippen LogP contribution in [-0.4, -0.2) is 14.5 Å². The summed E-state index contributed by atoms with van der Waals surface area (Å²) in [7, 11) is 0. The highest BCUT2D eigenvalue weighted by molar-refractivity contribution is 6.18. The summed E-state index contributed by atoms with van der Waals surface area (Å²) in [6.45, 7) is 0. The molecule has 0 aliphatic carbocycles. The molecule has 0 bridgehead atoms. The van der Waals surface area contributed by atoms with Crippen molar-refractivity contribution in [1.29, 1.82) is 0 Å². The predicted octanol–water partition coefficient (Wildman–Crippen LogP) is 11.4. The lowest BCUT2D eigenvalue weighted by Gasteiger charge is -2.13. The van der Waals surface area contributed by atoms with Crippen LogP contribution in [0.25, 0.3) is 83.2 Å². The van der Waals surface area contributed by atoms with E-state index in [1.807, 2.05) is 12.3 Å². The summed E-state index contributed by atoms with van der Waals surface area (Å²) >= 11 is 0. The van der Waals surface area contributed by atoms with E-state index in [0.29, 0.717) is 5.95 Å². The van der Waals surface area contributed by atoms with Crippen LogP contribution in [0.15, 0.2) is 176 Å². The number of benzene rings is 7. The van der Waals surface area contributed by atoms with Gasteiger partial charge >= 0.3 is 0 Å². The summed E-state index contributed by atoms with van der Waals surface area (Å²) in [6, 6.07) is 60.2. The van der Waals surface area contributed by atoms with Gasteiger partial charge in [-0.2, -0.15) is 0 Å². The maximum atomic E-state index is 5.27. The third-order valence-electron chi connectivity index (χ3n) is 9.06. The minimum Gasteiger partial charge on any atom is -0.277 e. The molecule has 0 N–H and O–H groups in total. The summed E-state index contributed by atoms with van der Waals surface area (Å²) in [4.78, 5) is 10.1. The summed E-state index contributed by atoms with van der Waals surface area (Å²) in [6.07, 6.45) is 1.88. The fourth-order valence-electron chi connectivity index (χ4n) is 6.78. The van der Waals surface area contributed by atoms with E-state index < -0.39 is 0 Å². The van der Waals surface area contributed by atoms with E-state index in [2.05, 4.69) is 168 Å². The molecule has 0 aliphatic heterocycles. The zero-order valence-corrected chi connectivity index (χ0v) is 25.6. The van der Waals surface area contributed by atoms with Gasteiger partial charge in [-0.05, 0) is 69.1 Å². The number of hydrogen-bond acceptors (Lipinski definition) is 2. The maximum Gasteiger partial charge on any atom is 0.235 e. The third-order valence-corrected chi connectivity index (χ3v) is 9.06. The van der Waals surface area contributed by atoms with Crippen LogP contribution in [0, 0.1) is 0 Å². The van der Waals surface area contributed by atoms with Gasteiger partial charge in [0.15, 0.2) is 0 Å². The molecule has 0 spiro atoms. The number of aromatic nitrogens is 3. The first-order chi connectivity index (χ1) is 23.3. The van der Waals surface area contributed by atoms with E-state index >= 15 is 0 Å². The molecule has 0 unspecified atom stereocenters. The van der Waals surface area contributed by atoms with Gasteiger partial charge in [-0.1, -0.05) is 140 Å². The van der Waals surface area contributed by atoms with E-state index in [9.17, 15) is 0 Å². The number of rotatable bonds is 5.